The third kappa shape index (κ3) is 3.73. The zero-order valence-electron chi connectivity index (χ0n) is 8.91. The maximum Gasteiger partial charge on any atom is 0.573 e. The number of alkyl halides is 3. The van der Waals surface area contributed by atoms with Crippen molar-refractivity contribution < 1.29 is 17.9 Å². The van der Waals surface area contributed by atoms with E-state index in [1.54, 1.807) is 6.07 Å². The van der Waals surface area contributed by atoms with Crippen molar-refractivity contribution >= 4 is 22.4 Å². The summed E-state index contributed by atoms with van der Waals surface area (Å²) in [4.78, 5) is 3.81. The highest BCUT2D eigenvalue weighted by Crippen LogP contribution is 2.28. The lowest BCUT2D eigenvalue weighted by Crippen LogP contribution is -2.16. The molecule has 1 aromatic carbocycles. The number of hydrazine groups is 1. The van der Waals surface area contributed by atoms with Gasteiger partial charge in [0.25, 0.3) is 0 Å². The Kier molecular flexibility index (Phi) is 4.71. The molecule has 2 aromatic rings. The van der Waals surface area contributed by atoms with Crippen molar-refractivity contribution in [2.24, 2.45) is 11.7 Å². The van der Waals surface area contributed by atoms with E-state index in [-0.39, 0.29) is 10.9 Å². The molecule has 4 nitrogen and oxygen atoms in total. The number of pyridine rings is 1. The molecular formula is C10H9ClF3N3O. The molecule has 2 rings (SSSR count). The minimum Gasteiger partial charge on any atom is -0.406 e. The smallest absolute Gasteiger partial charge is 0.406 e. The van der Waals surface area contributed by atoms with E-state index in [4.69, 9.17) is 11.6 Å². The lowest BCUT2D eigenvalue weighted by Gasteiger charge is -2.09. The SMILES string of the molecule is FC(F)(F)Oc1ccc2c(Cl)nccc2c1.NN. The zero-order valence-corrected chi connectivity index (χ0v) is 9.66. The van der Waals surface area contributed by atoms with Crippen molar-refractivity contribution in [1.29, 1.82) is 0 Å². The zero-order chi connectivity index (χ0) is 13.8. The van der Waals surface area contributed by atoms with Gasteiger partial charge in [0.15, 0.2) is 0 Å². The molecule has 4 N–H and O–H groups in total. The predicted octanol–water partition coefficient (Wildman–Crippen LogP) is 2.61. The summed E-state index contributed by atoms with van der Waals surface area (Å²) in [5.74, 6) is 7.72. The Morgan fingerprint density at radius 3 is 2.44 bits per heavy atom. The van der Waals surface area contributed by atoms with Crippen LogP contribution < -0.4 is 16.4 Å². The van der Waals surface area contributed by atoms with E-state index < -0.39 is 6.36 Å². The molecule has 1 aromatic heterocycles. The van der Waals surface area contributed by atoms with Crippen LogP contribution >= 0.6 is 11.6 Å². The van der Waals surface area contributed by atoms with Crippen molar-refractivity contribution in [2.45, 2.75) is 6.36 Å². The molecule has 0 aliphatic rings. The summed E-state index contributed by atoms with van der Waals surface area (Å²) < 4.78 is 39.7. The van der Waals surface area contributed by atoms with Crippen LogP contribution in [0.5, 0.6) is 5.75 Å². The van der Waals surface area contributed by atoms with Gasteiger partial charge in [-0.25, -0.2) is 4.98 Å². The summed E-state index contributed by atoms with van der Waals surface area (Å²) in [5, 5.41) is 1.37. The van der Waals surface area contributed by atoms with Crippen LogP contribution in [0, 0.1) is 0 Å². The quantitative estimate of drug-likeness (QED) is 0.478. The first-order valence-corrected chi connectivity index (χ1v) is 4.97. The standard InChI is InChI=1S/C10H5ClF3NO.H4N2/c11-9-8-2-1-7(16-10(12,13)14)5-6(8)3-4-15-9;1-2/h1-5H;1-2H2. The Balaban J connectivity index is 0.000000771. The molecule has 0 unspecified atom stereocenters. The lowest BCUT2D eigenvalue weighted by molar-refractivity contribution is -0.274. The van der Waals surface area contributed by atoms with Crippen LogP contribution in [0.4, 0.5) is 13.2 Å². The lowest BCUT2D eigenvalue weighted by atomic mass is 10.2. The molecule has 98 valence electrons. The monoisotopic (exact) mass is 279 g/mol. The molecule has 0 amide bonds. The number of nitrogens with zero attached hydrogens (tertiary/aromatic N) is 1. The highest BCUT2D eigenvalue weighted by Gasteiger charge is 2.31. The summed E-state index contributed by atoms with van der Waals surface area (Å²) in [6, 6.07) is 5.45. The molecule has 0 bridgehead atoms. The van der Waals surface area contributed by atoms with Gasteiger partial charge in [-0.2, -0.15) is 0 Å². The number of aromatic nitrogens is 1. The molecule has 0 spiro atoms. The average molecular weight is 280 g/mol. The third-order valence-corrected chi connectivity index (χ3v) is 2.22. The summed E-state index contributed by atoms with van der Waals surface area (Å²) in [5.41, 5.74) is 0. The van der Waals surface area contributed by atoms with Crippen LogP contribution in [0.15, 0.2) is 30.5 Å². The number of fused-ring (bicyclic) bond motifs is 1. The Labute approximate surface area is 105 Å². The fraction of sp³-hybridized carbons (Fsp3) is 0.100. The van der Waals surface area contributed by atoms with Crippen molar-refractivity contribution in [1.82, 2.24) is 4.98 Å². The van der Waals surface area contributed by atoms with Gasteiger partial charge in [0.1, 0.15) is 10.9 Å². The topological polar surface area (TPSA) is 74.2 Å². The van der Waals surface area contributed by atoms with Crippen LogP contribution in [-0.4, -0.2) is 11.3 Å². The van der Waals surface area contributed by atoms with Gasteiger partial charge in [0, 0.05) is 11.6 Å². The number of rotatable bonds is 1. The Morgan fingerprint density at radius 2 is 1.83 bits per heavy atom. The highest BCUT2D eigenvalue weighted by molar-refractivity contribution is 6.34. The summed E-state index contributed by atoms with van der Waals surface area (Å²) >= 11 is 5.77. The second-order valence-corrected chi connectivity index (χ2v) is 3.39. The van der Waals surface area contributed by atoms with Gasteiger partial charge >= 0.3 is 6.36 Å². The first-order chi connectivity index (χ1) is 8.46. The summed E-state index contributed by atoms with van der Waals surface area (Å²) in [6.07, 6.45) is -3.27. The number of hydrogen-bond acceptors (Lipinski definition) is 4. The van der Waals surface area contributed by atoms with Gasteiger partial charge in [-0.15, -0.1) is 13.2 Å². The van der Waals surface area contributed by atoms with Gasteiger partial charge in [0.05, 0.1) is 0 Å². The van der Waals surface area contributed by atoms with Crippen molar-refractivity contribution in [2.75, 3.05) is 0 Å². The van der Waals surface area contributed by atoms with E-state index >= 15 is 0 Å². The number of benzene rings is 1. The van der Waals surface area contributed by atoms with Gasteiger partial charge in [-0.1, -0.05) is 11.6 Å². The minimum absolute atomic E-state index is 0.246. The van der Waals surface area contributed by atoms with Crippen LogP contribution in [0.1, 0.15) is 0 Å². The summed E-state index contributed by atoms with van der Waals surface area (Å²) in [7, 11) is 0. The number of halogens is 4. The van der Waals surface area contributed by atoms with Crippen LogP contribution in [0.2, 0.25) is 5.15 Å². The molecule has 0 radical (unpaired) electrons. The largest absolute Gasteiger partial charge is 0.573 e. The first-order valence-electron chi connectivity index (χ1n) is 4.59. The minimum atomic E-state index is -4.69. The Hall–Kier alpha value is -1.57. The molecule has 0 aliphatic heterocycles. The second kappa shape index (κ2) is 5.85. The molecule has 1 heterocycles. The fourth-order valence-electron chi connectivity index (χ4n) is 1.32. The van der Waals surface area contributed by atoms with E-state index in [0.29, 0.717) is 10.8 Å². The van der Waals surface area contributed by atoms with Gasteiger partial charge in [-0.05, 0) is 29.7 Å². The van der Waals surface area contributed by atoms with E-state index in [0.717, 1.165) is 0 Å². The third-order valence-electron chi connectivity index (χ3n) is 1.92. The molecule has 8 heteroatoms. The average Bonchev–Trinajstić information content (AvgIpc) is 2.29. The highest BCUT2D eigenvalue weighted by atomic mass is 35.5. The number of ether oxygens (including phenoxy) is 1. The Bertz CT molecular complexity index is 533. The maximum absolute atomic E-state index is 12.0. The fourth-order valence-corrected chi connectivity index (χ4v) is 1.54. The maximum atomic E-state index is 12.0. The predicted molar refractivity (Wildman–Crippen MR) is 61.8 cm³/mol. The molecule has 0 saturated heterocycles. The van der Waals surface area contributed by atoms with E-state index in [1.807, 2.05) is 0 Å². The second-order valence-electron chi connectivity index (χ2n) is 3.03. The number of hydrogen-bond donors (Lipinski definition) is 2. The summed E-state index contributed by atoms with van der Waals surface area (Å²) in [6.45, 7) is 0. The van der Waals surface area contributed by atoms with Gasteiger partial charge in [0.2, 0.25) is 0 Å². The first kappa shape index (κ1) is 14.5. The van der Waals surface area contributed by atoms with Gasteiger partial charge < -0.3 is 4.74 Å². The van der Waals surface area contributed by atoms with Crippen LogP contribution in [0.25, 0.3) is 10.8 Å². The normalized spacial score (nSPS) is 10.8. The van der Waals surface area contributed by atoms with Crippen molar-refractivity contribution in [3.05, 3.63) is 35.6 Å². The van der Waals surface area contributed by atoms with Crippen molar-refractivity contribution in [3.63, 3.8) is 0 Å². The molecule has 0 fully saturated rings. The molecule has 18 heavy (non-hydrogen) atoms. The molecule has 0 atom stereocenters. The van der Waals surface area contributed by atoms with Crippen molar-refractivity contribution in [3.8, 4) is 5.75 Å². The molecule has 0 saturated carbocycles. The molecular weight excluding hydrogens is 271 g/mol. The van der Waals surface area contributed by atoms with Crippen LogP contribution in [0.3, 0.4) is 0 Å². The molecule has 0 aliphatic carbocycles. The van der Waals surface area contributed by atoms with E-state index in [2.05, 4.69) is 21.4 Å². The Morgan fingerprint density at radius 1 is 1.17 bits per heavy atom. The van der Waals surface area contributed by atoms with Gasteiger partial charge in [-0.3, -0.25) is 11.7 Å². The number of nitrogens with two attached hydrogens (primary N) is 2. The van der Waals surface area contributed by atoms with Crippen LogP contribution in [-0.2, 0) is 0 Å². The van der Waals surface area contributed by atoms with E-state index in [1.165, 1.54) is 24.4 Å². The van der Waals surface area contributed by atoms with E-state index in [9.17, 15) is 13.2 Å².